The van der Waals surface area contributed by atoms with Crippen LogP contribution >= 0.6 is 23.1 Å². The van der Waals surface area contributed by atoms with Gasteiger partial charge in [0.25, 0.3) is 0 Å². The lowest BCUT2D eigenvalue weighted by Gasteiger charge is -2.31. The summed E-state index contributed by atoms with van der Waals surface area (Å²) in [5, 5.41) is 2.54. The van der Waals surface area contributed by atoms with Gasteiger partial charge in [-0.1, -0.05) is 80.3 Å². The van der Waals surface area contributed by atoms with Crippen LogP contribution in [0.4, 0.5) is 15.8 Å². The van der Waals surface area contributed by atoms with E-state index < -0.39 is 34.7 Å². The fourth-order valence-corrected chi connectivity index (χ4v) is 8.49. The summed E-state index contributed by atoms with van der Waals surface area (Å²) in [6.07, 6.45) is 0. The Labute approximate surface area is 256 Å². The molecule has 3 heterocycles. The monoisotopic (exact) mass is 615 g/mol. The summed E-state index contributed by atoms with van der Waals surface area (Å²) in [7, 11) is 0. The number of halogens is 1. The number of thioether (sulfide) groups is 1. The van der Waals surface area contributed by atoms with Gasteiger partial charge in [0.05, 0.1) is 16.6 Å². The van der Waals surface area contributed by atoms with Crippen LogP contribution in [0, 0.1) is 18.7 Å². The van der Waals surface area contributed by atoms with Gasteiger partial charge in [0.15, 0.2) is 0 Å². The van der Waals surface area contributed by atoms with E-state index in [9.17, 15) is 23.6 Å². The number of fused-ring (bicyclic) bond motifs is 2. The van der Waals surface area contributed by atoms with E-state index in [2.05, 4.69) is 26.1 Å². The molecule has 220 valence electrons. The van der Waals surface area contributed by atoms with Crippen molar-refractivity contribution in [3.05, 3.63) is 110 Å². The second kappa shape index (κ2) is 10.9. The van der Waals surface area contributed by atoms with E-state index in [1.807, 2.05) is 49.4 Å². The second-order valence-corrected chi connectivity index (χ2v) is 14.1. The number of carbonyl (C=O) groups excluding carboxylic acids is 3. The summed E-state index contributed by atoms with van der Waals surface area (Å²) in [5.74, 6) is -3.01. The fourth-order valence-electron chi connectivity index (χ4n) is 5.72. The van der Waals surface area contributed by atoms with Crippen molar-refractivity contribution in [2.45, 2.75) is 55.8 Å². The van der Waals surface area contributed by atoms with Crippen LogP contribution in [-0.2, 0) is 26.3 Å². The average molecular weight is 616 g/mol. The Morgan fingerprint density at radius 1 is 0.953 bits per heavy atom. The first-order valence-electron chi connectivity index (χ1n) is 13.9. The molecule has 0 spiro atoms. The number of benzene rings is 3. The molecule has 43 heavy (non-hydrogen) atoms. The van der Waals surface area contributed by atoms with E-state index in [-0.39, 0.29) is 22.7 Å². The average Bonchev–Trinajstić information content (AvgIpc) is 3.39. The maximum atomic E-state index is 14.0. The fraction of sp³-hybridized carbons (Fsp3) is 0.273. The third-order valence-corrected chi connectivity index (χ3v) is 10.5. The Bertz CT molecular complexity index is 1810. The normalized spacial score (nSPS) is 19.7. The van der Waals surface area contributed by atoms with Crippen LogP contribution in [0.3, 0.4) is 0 Å². The highest BCUT2D eigenvalue weighted by molar-refractivity contribution is 8.00. The third-order valence-electron chi connectivity index (χ3n) is 7.87. The summed E-state index contributed by atoms with van der Waals surface area (Å²) in [5.41, 5.74) is 3.74. The molecule has 0 radical (unpaired) electrons. The first kappa shape index (κ1) is 29.1. The summed E-state index contributed by atoms with van der Waals surface area (Å²) in [6.45, 7) is 8.02. The minimum atomic E-state index is -0.822. The van der Waals surface area contributed by atoms with Gasteiger partial charge in [-0.25, -0.2) is 9.29 Å². The highest BCUT2D eigenvalue weighted by Crippen LogP contribution is 2.54. The highest BCUT2D eigenvalue weighted by atomic mass is 32.2. The molecule has 0 aliphatic carbocycles. The van der Waals surface area contributed by atoms with Crippen molar-refractivity contribution < 1.29 is 18.8 Å². The number of hydrogen-bond donors (Lipinski definition) is 1. The minimum absolute atomic E-state index is 0.0913. The molecule has 2 aliphatic rings. The van der Waals surface area contributed by atoms with Crippen molar-refractivity contribution in [1.82, 2.24) is 4.57 Å². The van der Waals surface area contributed by atoms with Crippen molar-refractivity contribution in [3.8, 4) is 0 Å². The highest BCUT2D eigenvalue weighted by Gasteiger charge is 2.56. The van der Waals surface area contributed by atoms with Crippen LogP contribution in [0.25, 0.3) is 0 Å². The topological polar surface area (TPSA) is 88.5 Å². The van der Waals surface area contributed by atoms with Gasteiger partial charge in [0, 0.05) is 16.5 Å². The molecular formula is C33H30FN3O4S2. The first-order chi connectivity index (χ1) is 20.4. The van der Waals surface area contributed by atoms with Gasteiger partial charge in [0.2, 0.25) is 17.7 Å². The van der Waals surface area contributed by atoms with E-state index in [1.165, 1.54) is 28.8 Å². The quantitative estimate of drug-likeness (QED) is 0.275. The Hall–Kier alpha value is -4.02. The number of nitrogens with zero attached hydrogens (tertiary/aromatic N) is 2. The van der Waals surface area contributed by atoms with Gasteiger partial charge in [-0.15, -0.1) is 0 Å². The molecule has 1 fully saturated rings. The van der Waals surface area contributed by atoms with Gasteiger partial charge in [-0.2, -0.15) is 0 Å². The molecule has 3 amide bonds. The maximum absolute atomic E-state index is 14.0. The standard InChI is InChI=1S/C33H30FN3O4S2/c1-18-6-5-7-22(16-18)35-24(38)17-36-31-28(43-32(36)41)25(19-8-10-20(11-9-19)33(2,3)4)26-27(42-31)30(40)37(29(26)39)23-14-12-21(34)13-15-23/h5-16,25-27H,17H2,1-4H3,(H,35,38)/t25-,26?,27?/m1/s1. The summed E-state index contributed by atoms with van der Waals surface area (Å²) in [4.78, 5) is 55.8. The number of imide groups is 1. The zero-order chi connectivity index (χ0) is 30.6. The van der Waals surface area contributed by atoms with Gasteiger partial charge < -0.3 is 5.32 Å². The van der Waals surface area contributed by atoms with E-state index in [0.29, 0.717) is 21.3 Å². The van der Waals surface area contributed by atoms with Crippen molar-refractivity contribution in [2.75, 3.05) is 10.2 Å². The van der Waals surface area contributed by atoms with Crippen LogP contribution in [0.15, 0.2) is 82.6 Å². The molecule has 2 aliphatic heterocycles. The Kier molecular flexibility index (Phi) is 7.38. The summed E-state index contributed by atoms with van der Waals surface area (Å²) < 4.78 is 15.1. The number of carbonyl (C=O) groups is 3. The number of amides is 3. The van der Waals surface area contributed by atoms with Gasteiger partial charge in [0.1, 0.15) is 17.6 Å². The van der Waals surface area contributed by atoms with Crippen LogP contribution < -0.4 is 15.1 Å². The lowest BCUT2D eigenvalue weighted by molar-refractivity contribution is -0.122. The molecule has 0 saturated carbocycles. The molecule has 0 bridgehead atoms. The summed E-state index contributed by atoms with van der Waals surface area (Å²) in [6, 6.07) is 20.6. The Morgan fingerprint density at radius 2 is 1.65 bits per heavy atom. The second-order valence-electron chi connectivity index (χ2n) is 11.9. The van der Waals surface area contributed by atoms with Crippen molar-refractivity contribution >= 4 is 52.2 Å². The molecule has 1 N–H and O–H groups in total. The van der Waals surface area contributed by atoms with Crippen LogP contribution in [0.1, 0.15) is 48.3 Å². The smallest absolute Gasteiger partial charge is 0.308 e. The first-order valence-corrected chi connectivity index (χ1v) is 15.6. The number of thiazole rings is 1. The van der Waals surface area contributed by atoms with Crippen LogP contribution in [-0.4, -0.2) is 27.5 Å². The third kappa shape index (κ3) is 5.34. The van der Waals surface area contributed by atoms with E-state index in [4.69, 9.17) is 0 Å². The number of aromatic nitrogens is 1. The molecule has 10 heteroatoms. The predicted octanol–water partition coefficient (Wildman–Crippen LogP) is 6.09. The zero-order valence-corrected chi connectivity index (χ0v) is 25.7. The van der Waals surface area contributed by atoms with Gasteiger partial charge in [-0.3, -0.25) is 23.7 Å². The van der Waals surface area contributed by atoms with E-state index in [0.717, 1.165) is 44.7 Å². The SMILES string of the molecule is Cc1cccc(NC(=O)Cn2c3c(sc2=O)[C@H](c2ccc(C(C)(C)C)cc2)C2C(=O)N(c4ccc(F)cc4)C(=O)C2S3)c1. The van der Waals surface area contributed by atoms with Crippen molar-refractivity contribution in [3.63, 3.8) is 0 Å². The Balaban J connectivity index is 1.42. The molecular weight excluding hydrogens is 586 g/mol. The molecule has 1 aromatic heterocycles. The molecule has 4 aromatic rings. The lowest BCUT2D eigenvalue weighted by atomic mass is 9.81. The molecule has 2 unspecified atom stereocenters. The maximum Gasteiger partial charge on any atom is 0.308 e. The number of nitrogens with one attached hydrogen (secondary N) is 1. The summed E-state index contributed by atoms with van der Waals surface area (Å²) >= 11 is 2.16. The molecule has 1 saturated heterocycles. The van der Waals surface area contributed by atoms with Gasteiger partial charge in [-0.05, 0) is 65.4 Å². The number of anilines is 2. The molecule has 3 aromatic carbocycles. The number of aryl methyl sites for hydroxylation is 1. The molecule has 7 nitrogen and oxygen atoms in total. The minimum Gasteiger partial charge on any atom is -0.325 e. The molecule has 3 atom stereocenters. The molecule has 6 rings (SSSR count). The number of hydrogen-bond acceptors (Lipinski definition) is 6. The van der Waals surface area contributed by atoms with Crippen LogP contribution in [0.5, 0.6) is 0 Å². The Morgan fingerprint density at radius 3 is 2.30 bits per heavy atom. The van der Waals surface area contributed by atoms with Crippen molar-refractivity contribution in [2.24, 2.45) is 5.92 Å². The zero-order valence-electron chi connectivity index (χ0n) is 24.1. The predicted molar refractivity (Wildman–Crippen MR) is 167 cm³/mol. The lowest BCUT2D eigenvalue weighted by Crippen LogP contribution is -2.33. The number of rotatable bonds is 5. The largest absolute Gasteiger partial charge is 0.325 e. The van der Waals surface area contributed by atoms with Crippen LogP contribution in [0.2, 0.25) is 0 Å². The van der Waals surface area contributed by atoms with E-state index >= 15 is 0 Å². The van der Waals surface area contributed by atoms with Gasteiger partial charge >= 0.3 is 4.87 Å². The van der Waals surface area contributed by atoms with E-state index in [1.54, 1.807) is 6.07 Å². The van der Waals surface area contributed by atoms with Crippen molar-refractivity contribution in [1.29, 1.82) is 0 Å².